The van der Waals surface area contributed by atoms with Gasteiger partial charge in [0.2, 0.25) is 0 Å². The number of nitrogens with zero attached hydrogens (tertiary/aromatic N) is 1. The molecule has 1 aromatic heterocycles. The predicted molar refractivity (Wildman–Crippen MR) is 160 cm³/mol. The monoisotopic (exact) mass is 595 g/mol. The smallest absolute Gasteiger partial charge is 0.343 e. The zero-order valence-electron chi connectivity index (χ0n) is 21.9. The Balaban J connectivity index is 1.41. The maximum Gasteiger partial charge on any atom is 0.343 e. The van der Waals surface area contributed by atoms with Crippen molar-refractivity contribution < 1.29 is 19.1 Å². The number of hydrogen-bond donors (Lipinski definition) is 2. The summed E-state index contributed by atoms with van der Waals surface area (Å²) in [5.41, 5.74) is 7.40. The number of carbonyl (C=O) groups excluding carboxylic acids is 2. The van der Waals surface area contributed by atoms with Gasteiger partial charge < -0.3 is 14.5 Å². The molecule has 4 aromatic carbocycles. The minimum absolute atomic E-state index is 0.311. The number of aryl methyl sites for hydroxylation is 1. The van der Waals surface area contributed by atoms with E-state index >= 15 is 0 Å². The topological polar surface area (TPSA) is 92.8 Å². The third kappa shape index (κ3) is 5.97. The molecule has 5 aromatic rings. The second-order valence-electron chi connectivity index (χ2n) is 9.02. The van der Waals surface area contributed by atoms with E-state index in [4.69, 9.17) is 9.47 Å². The van der Waals surface area contributed by atoms with Crippen molar-refractivity contribution in [1.82, 2.24) is 10.4 Å². The van der Waals surface area contributed by atoms with E-state index in [1.165, 1.54) is 6.21 Å². The Morgan fingerprint density at radius 3 is 2.50 bits per heavy atom. The Labute approximate surface area is 240 Å². The molecule has 2 N–H and O–H groups in total. The van der Waals surface area contributed by atoms with Crippen LogP contribution in [0.5, 0.6) is 11.5 Å². The number of fused-ring (bicyclic) bond motifs is 1. The number of hydrogen-bond acceptors (Lipinski definition) is 5. The molecule has 0 atom stereocenters. The number of benzene rings is 4. The van der Waals surface area contributed by atoms with Gasteiger partial charge in [0.15, 0.2) is 0 Å². The van der Waals surface area contributed by atoms with Crippen molar-refractivity contribution >= 4 is 44.9 Å². The third-order valence-electron chi connectivity index (χ3n) is 6.20. The van der Waals surface area contributed by atoms with E-state index in [0.717, 1.165) is 37.8 Å². The van der Waals surface area contributed by atoms with Gasteiger partial charge in [-0.05, 0) is 67.9 Å². The number of H-pyrrole nitrogens is 1. The number of ether oxygens (including phenoxy) is 2. The van der Waals surface area contributed by atoms with E-state index in [9.17, 15) is 9.59 Å². The number of aromatic nitrogens is 1. The van der Waals surface area contributed by atoms with E-state index in [-0.39, 0.29) is 0 Å². The van der Waals surface area contributed by atoms with Crippen molar-refractivity contribution in [2.75, 3.05) is 6.61 Å². The quantitative estimate of drug-likeness (QED) is 0.0852. The largest absolute Gasteiger partial charge is 0.494 e. The van der Waals surface area contributed by atoms with Crippen molar-refractivity contribution in [3.63, 3.8) is 0 Å². The van der Waals surface area contributed by atoms with Gasteiger partial charge in [-0.1, -0.05) is 64.0 Å². The van der Waals surface area contributed by atoms with Crippen molar-refractivity contribution in [1.29, 1.82) is 0 Å². The normalized spacial score (nSPS) is 11.1. The van der Waals surface area contributed by atoms with Gasteiger partial charge in [-0.15, -0.1) is 0 Å². The van der Waals surface area contributed by atoms with Crippen LogP contribution in [-0.2, 0) is 0 Å². The van der Waals surface area contributed by atoms with E-state index in [1.807, 2.05) is 74.5 Å². The molecule has 200 valence electrons. The fraction of sp³-hybridized carbons (Fsp3) is 0.0938. The average Bonchev–Trinajstić information content (AvgIpc) is 3.34. The summed E-state index contributed by atoms with van der Waals surface area (Å²) < 4.78 is 12.1. The van der Waals surface area contributed by atoms with Crippen molar-refractivity contribution in [2.24, 2.45) is 5.10 Å². The zero-order chi connectivity index (χ0) is 28.1. The van der Waals surface area contributed by atoms with Crippen LogP contribution in [0.4, 0.5) is 0 Å². The van der Waals surface area contributed by atoms with E-state index in [2.05, 4.69) is 31.4 Å². The van der Waals surface area contributed by atoms with Crippen LogP contribution in [0.1, 0.15) is 38.9 Å². The highest BCUT2D eigenvalue weighted by atomic mass is 79.9. The molecule has 0 spiro atoms. The van der Waals surface area contributed by atoms with Crippen LogP contribution >= 0.6 is 15.9 Å². The van der Waals surface area contributed by atoms with Gasteiger partial charge in [-0.3, -0.25) is 4.79 Å². The van der Waals surface area contributed by atoms with Gasteiger partial charge in [-0.25, -0.2) is 10.2 Å². The SMILES string of the molecule is CCOc1ccc2[nH]c(C(=O)NN=Cc3cc(Br)ccc3OC(=O)c3ccc(C)cc3)c(-c3ccccc3)c2c1. The number of halogens is 1. The minimum atomic E-state index is -0.488. The van der Waals surface area contributed by atoms with Crippen LogP contribution in [0.3, 0.4) is 0 Å². The second-order valence-corrected chi connectivity index (χ2v) is 9.93. The fourth-order valence-corrected chi connectivity index (χ4v) is 4.66. The van der Waals surface area contributed by atoms with Crippen molar-refractivity contribution in [3.8, 4) is 22.6 Å². The lowest BCUT2D eigenvalue weighted by molar-refractivity contribution is 0.0734. The van der Waals surface area contributed by atoms with Crippen molar-refractivity contribution in [3.05, 3.63) is 118 Å². The van der Waals surface area contributed by atoms with Crippen molar-refractivity contribution in [2.45, 2.75) is 13.8 Å². The molecule has 0 aliphatic rings. The number of amides is 1. The zero-order valence-corrected chi connectivity index (χ0v) is 23.5. The number of aromatic amines is 1. The van der Waals surface area contributed by atoms with Crippen LogP contribution in [-0.4, -0.2) is 29.7 Å². The summed E-state index contributed by atoms with van der Waals surface area (Å²) in [5.74, 6) is 0.125. The Kier molecular flexibility index (Phi) is 8.07. The summed E-state index contributed by atoms with van der Waals surface area (Å²) in [6.07, 6.45) is 1.44. The molecule has 5 rings (SSSR count). The van der Waals surface area contributed by atoms with Crippen LogP contribution < -0.4 is 14.9 Å². The number of nitrogens with one attached hydrogen (secondary N) is 2. The van der Waals surface area contributed by atoms with Crippen LogP contribution in [0.2, 0.25) is 0 Å². The molecular weight excluding hydrogens is 570 g/mol. The minimum Gasteiger partial charge on any atom is -0.494 e. The van der Waals surface area contributed by atoms with E-state index < -0.39 is 11.9 Å². The molecular formula is C32H26BrN3O4. The highest BCUT2D eigenvalue weighted by Crippen LogP contribution is 2.34. The molecule has 8 heteroatoms. The molecule has 0 saturated carbocycles. The summed E-state index contributed by atoms with van der Waals surface area (Å²) >= 11 is 3.44. The van der Waals surface area contributed by atoms with Gasteiger partial charge in [0.05, 0.1) is 18.4 Å². The van der Waals surface area contributed by atoms with Gasteiger partial charge in [0.25, 0.3) is 5.91 Å². The maximum absolute atomic E-state index is 13.4. The highest BCUT2D eigenvalue weighted by Gasteiger charge is 2.20. The van der Waals surface area contributed by atoms with Crippen LogP contribution in [0.15, 0.2) is 101 Å². The first-order valence-electron chi connectivity index (χ1n) is 12.7. The first-order chi connectivity index (χ1) is 19.4. The Hall–Kier alpha value is -4.69. The second kappa shape index (κ2) is 12.0. The molecule has 0 aliphatic heterocycles. The first kappa shape index (κ1) is 26.9. The highest BCUT2D eigenvalue weighted by molar-refractivity contribution is 9.10. The summed E-state index contributed by atoms with van der Waals surface area (Å²) in [5, 5.41) is 5.05. The van der Waals surface area contributed by atoms with Gasteiger partial charge in [-0.2, -0.15) is 5.10 Å². The average molecular weight is 596 g/mol. The Morgan fingerprint density at radius 1 is 0.975 bits per heavy atom. The van der Waals surface area contributed by atoms with Gasteiger partial charge in [0, 0.05) is 26.5 Å². The van der Waals surface area contributed by atoms with Gasteiger partial charge in [0.1, 0.15) is 17.2 Å². The summed E-state index contributed by atoms with van der Waals surface area (Å²) in [6.45, 7) is 4.41. The molecule has 0 aliphatic carbocycles. The first-order valence-corrected chi connectivity index (χ1v) is 13.5. The Bertz CT molecular complexity index is 1710. The maximum atomic E-state index is 13.4. The van der Waals surface area contributed by atoms with Crippen LogP contribution in [0, 0.1) is 6.92 Å². The fourth-order valence-electron chi connectivity index (χ4n) is 4.28. The molecule has 40 heavy (non-hydrogen) atoms. The lowest BCUT2D eigenvalue weighted by Gasteiger charge is -2.08. The number of carbonyl (C=O) groups is 2. The number of rotatable bonds is 8. The standard InChI is InChI=1S/C32H26BrN3O4/c1-3-39-25-14-15-27-26(18-25)29(21-7-5-4-6-8-21)30(35-27)31(37)36-34-19-23-17-24(33)13-16-28(23)40-32(38)22-11-9-20(2)10-12-22/h4-19,35H,3H2,1-2H3,(H,36,37). The third-order valence-corrected chi connectivity index (χ3v) is 6.70. The lowest BCUT2D eigenvalue weighted by atomic mass is 10.0. The Morgan fingerprint density at radius 2 is 1.75 bits per heavy atom. The molecule has 0 bridgehead atoms. The lowest BCUT2D eigenvalue weighted by Crippen LogP contribution is -2.19. The number of esters is 1. The molecule has 1 amide bonds. The summed E-state index contributed by atoms with van der Waals surface area (Å²) in [7, 11) is 0. The summed E-state index contributed by atoms with van der Waals surface area (Å²) in [4.78, 5) is 29.3. The molecule has 0 unspecified atom stereocenters. The van der Waals surface area contributed by atoms with E-state index in [1.54, 1.807) is 30.3 Å². The summed E-state index contributed by atoms with van der Waals surface area (Å²) in [6, 6.07) is 27.7. The molecule has 0 saturated heterocycles. The molecule has 0 fully saturated rings. The molecule has 7 nitrogen and oxygen atoms in total. The number of hydrazone groups is 1. The molecule has 1 heterocycles. The van der Waals surface area contributed by atoms with Crippen LogP contribution in [0.25, 0.3) is 22.0 Å². The molecule has 0 radical (unpaired) electrons. The predicted octanol–water partition coefficient (Wildman–Crippen LogP) is 7.29. The van der Waals surface area contributed by atoms with Gasteiger partial charge >= 0.3 is 5.97 Å². The van der Waals surface area contributed by atoms with E-state index in [0.29, 0.717) is 29.2 Å².